The van der Waals surface area contributed by atoms with Crippen molar-refractivity contribution in [3.05, 3.63) is 30.7 Å². The molecule has 7 heteroatoms. The fourth-order valence-electron chi connectivity index (χ4n) is 1.60. The maximum Gasteiger partial charge on any atom is 0.319 e. The van der Waals surface area contributed by atoms with Crippen LogP contribution in [-0.2, 0) is 0 Å². The lowest BCUT2D eigenvalue weighted by Gasteiger charge is -2.21. The van der Waals surface area contributed by atoms with Crippen LogP contribution in [0.25, 0.3) is 11.5 Å². The van der Waals surface area contributed by atoms with E-state index in [9.17, 15) is 9.90 Å². The van der Waals surface area contributed by atoms with E-state index in [4.69, 9.17) is 4.42 Å². The lowest BCUT2D eigenvalue weighted by Crippen LogP contribution is -2.41. The lowest BCUT2D eigenvalue weighted by atomic mass is 10.0. The molecular formula is C14H18N4O3. The predicted molar refractivity (Wildman–Crippen MR) is 77.7 cm³/mol. The molecule has 1 aromatic carbocycles. The lowest BCUT2D eigenvalue weighted by molar-refractivity contribution is 0.0587. The van der Waals surface area contributed by atoms with Gasteiger partial charge < -0.3 is 20.2 Å². The van der Waals surface area contributed by atoms with Crippen LogP contribution in [-0.4, -0.2) is 33.5 Å². The number of nitrogens with one attached hydrogen (secondary N) is 2. The predicted octanol–water partition coefficient (Wildman–Crippen LogP) is 2.02. The minimum Gasteiger partial charge on any atom is -0.423 e. The molecule has 0 bridgehead atoms. The number of nitrogens with zero attached hydrogens (tertiary/aromatic N) is 2. The molecule has 1 aromatic heterocycles. The van der Waals surface area contributed by atoms with Crippen molar-refractivity contribution < 1.29 is 14.3 Å². The second-order valence-electron chi connectivity index (χ2n) is 4.98. The van der Waals surface area contributed by atoms with E-state index in [1.807, 2.05) is 6.92 Å². The average Bonchev–Trinajstić information content (AvgIpc) is 3.00. The van der Waals surface area contributed by atoms with E-state index in [0.717, 1.165) is 0 Å². The van der Waals surface area contributed by atoms with E-state index >= 15 is 0 Å². The summed E-state index contributed by atoms with van der Waals surface area (Å²) >= 11 is 0. The van der Waals surface area contributed by atoms with Gasteiger partial charge in [-0.3, -0.25) is 0 Å². The molecule has 2 rings (SSSR count). The Labute approximate surface area is 122 Å². The van der Waals surface area contributed by atoms with Crippen LogP contribution in [0.2, 0.25) is 0 Å². The van der Waals surface area contributed by atoms with Crippen molar-refractivity contribution in [3.63, 3.8) is 0 Å². The first-order valence-electron chi connectivity index (χ1n) is 6.64. The monoisotopic (exact) mass is 290 g/mol. The Kier molecular flexibility index (Phi) is 4.54. The molecule has 1 atom stereocenters. The number of carbonyl (C=O) groups excluding carboxylic acids is 1. The van der Waals surface area contributed by atoms with Gasteiger partial charge >= 0.3 is 6.03 Å². The van der Waals surface area contributed by atoms with Gasteiger partial charge in [-0.15, -0.1) is 10.2 Å². The number of benzene rings is 1. The molecule has 2 amide bonds. The molecule has 1 unspecified atom stereocenters. The van der Waals surface area contributed by atoms with Crippen LogP contribution in [0.5, 0.6) is 0 Å². The van der Waals surface area contributed by atoms with Crippen LogP contribution in [0.1, 0.15) is 20.3 Å². The minimum atomic E-state index is -0.914. The Bertz CT molecular complexity index is 596. The van der Waals surface area contributed by atoms with E-state index in [1.54, 1.807) is 31.2 Å². The number of carbonyl (C=O) groups is 1. The van der Waals surface area contributed by atoms with Crippen molar-refractivity contribution in [2.45, 2.75) is 25.9 Å². The normalized spacial score (nSPS) is 13.5. The Morgan fingerprint density at radius 2 is 2.29 bits per heavy atom. The largest absolute Gasteiger partial charge is 0.423 e. The number of aromatic nitrogens is 2. The molecule has 21 heavy (non-hydrogen) atoms. The van der Waals surface area contributed by atoms with Gasteiger partial charge in [0.05, 0.1) is 5.60 Å². The number of aliphatic hydroxyl groups is 1. The van der Waals surface area contributed by atoms with Crippen molar-refractivity contribution in [1.82, 2.24) is 15.5 Å². The van der Waals surface area contributed by atoms with E-state index < -0.39 is 5.60 Å². The third kappa shape index (κ3) is 4.28. The molecule has 0 saturated heterocycles. The number of hydrogen-bond donors (Lipinski definition) is 3. The second-order valence-corrected chi connectivity index (χ2v) is 4.98. The molecule has 0 fully saturated rings. The van der Waals surface area contributed by atoms with E-state index in [2.05, 4.69) is 20.8 Å². The van der Waals surface area contributed by atoms with Crippen molar-refractivity contribution in [2.24, 2.45) is 0 Å². The first-order valence-corrected chi connectivity index (χ1v) is 6.64. The summed E-state index contributed by atoms with van der Waals surface area (Å²) in [7, 11) is 0. The summed E-state index contributed by atoms with van der Waals surface area (Å²) in [4.78, 5) is 11.8. The van der Waals surface area contributed by atoms with Gasteiger partial charge in [0.25, 0.3) is 0 Å². The van der Waals surface area contributed by atoms with Crippen LogP contribution in [0.3, 0.4) is 0 Å². The van der Waals surface area contributed by atoms with Gasteiger partial charge in [-0.05, 0) is 31.5 Å². The third-order valence-corrected chi connectivity index (χ3v) is 3.12. The van der Waals surface area contributed by atoms with Crippen LogP contribution in [0.15, 0.2) is 35.1 Å². The number of rotatable bonds is 5. The van der Waals surface area contributed by atoms with E-state index in [1.165, 1.54) is 6.39 Å². The first-order chi connectivity index (χ1) is 10.00. The number of urea groups is 1. The molecule has 0 aliphatic carbocycles. The maximum absolute atomic E-state index is 11.8. The first kappa shape index (κ1) is 15.0. The zero-order valence-corrected chi connectivity index (χ0v) is 12.0. The molecule has 0 spiro atoms. The third-order valence-electron chi connectivity index (χ3n) is 3.12. The Morgan fingerprint density at radius 3 is 2.95 bits per heavy atom. The Morgan fingerprint density at radius 1 is 1.48 bits per heavy atom. The Balaban J connectivity index is 1.97. The smallest absolute Gasteiger partial charge is 0.319 e. The summed E-state index contributed by atoms with van der Waals surface area (Å²) < 4.78 is 5.10. The van der Waals surface area contributed by atoms with Crippen molar-refractivity contribution in [1.29, 1.82) is 0 Å². The van der Waals surface area contributed by atoms with E-state index in [-0.39, 0.29) is 12.6 Å². The van der Waals surface area contributed by atoms with Crippen LogP contribution in [0.4, 0.5) is 10.5 Å². The average molecular weight is 290 g/mol. The minimum absolute atomic E-state index is 0.179. The summed E-state index contributed by atoms with van der Waals surface area (Å²) in [6.45, 7) is 3.70. The number of anilines is 1. The molecular weight excluding hydrogens is 272 g/mol. The summed E-state index contributed by atoms with van der Waals surface area (Å²) in [5, 5.41) is 22.6. The summed E-state index contributed by atoms with van der Waals surface area (Å²) in [6.07, 6.45) is 1.80. The fraction of sp³-hybridized carbons (Fsp3) is 0.357. The van der Waals surface area contributed by atoms with Crippen LogP contribution < -0.4 is 10.6 Å². The highest BCUT2D eigenvalue weighted by molar-refractivity contribution is 5.89. The van der Waals surface area contributed by atoms with Gasteiger partial charge in [-0.1, -0.05) is 13.0 Å². The van der Waals surface area contributed by atoms with Gasteiger partial charge in [-0.25, -0.2) is 4.79 Å². The quantitative estimate of drug-likeness (QED) is 0.782. The van der Waals surface area contributed by atoms with Gasteiger partial charge in [0.2, 0.25) is 12.3 Å². The molecule has 2 aromatic rings. The standard InChI is InChI=1S/C14H18N4O3/c1-3-14(2,20)8-15-13(19)17-11-6-4-5-10(7-11)12-18-16-9-21-12/h4-7,9,20H,3,8H2,1-2H3,(H2,15,17,19). The van der Waals surface area contributed by atoms with Crippen molar-refractivity contribution in [2.75, 3.05) is 11.9 Å². The topological polar surface area (TPSA) is 100 Å². The zero-order chi connectivity index (χ0) is 15.3. The fourth-order valence-corrected chi connectivity index (χ4v) is 1.60. The van der Waals surface area contributed by atoms with Crippen LogP contribution >= 0.6 is 0 Å². The molecule has 112 valence electrons. The molecule has 0 aliphatic heterocycles. The van der Waals surface area contributed by atoms with Gasteiger partial charge in [0.15, 0.2) is 0 Å². The van der Waals surface area contributed by atoms with Gasteiger partial charge in [0.1, 0.15) is 0 Å². The molecule has 0 radical (unpaired) electrons. The highest BCUT2D eigenvalue weighted by atomic mass is 16.4. The molecule has 0 saturated carbocycles. The molecule has 7 nitrogen and oxygen atoms in total. The van der Waals surface area contributed by atoms with E-state index in [0.29, 0.717) is 23.6 Å². The maximum atomic E-state index is 11.8. The number of amides is 2. The highest BCUT2D eigenvalue weighted by Gasteiger charge is 2.18. The van der Waals surface area contributed by atoms with Crippen molar-refractivity contribution >= 4 is 11.7 Å². The Hall–Kier alpha value is -2.41. The summed E-state index contributed by atoms with van der Waals surface area (Å²) in [6, 6.07) is 6.67. The molecule has 3 N–H and O–H groups in total. The molecule has 0 aliphatic rings. The summed E-state index contributed by atoms with van der Waals surface area (Å²) in [5.41, 5.74) is 0.397. The second kappa shape index (κ2) is 6.36. The van der Waals surface area contributed by atoms with Crippen LogP contribution in [0, 0.1) is 0 Å². The van der Waals surface area contributed by atoms with Gasteiger partial charge in [-0.2, -0.15) is 0 Å². The van der Waals surface area contributed by atoms with Crippen molar-refractivity contribution in [3.8, 4) is 11.5 Å². The highest BCUT2D eigenvalue weighted by Crippen LogP contribution is 2.20. The molecule has 1 heterocycles. The zero-order valence-electron chi connectivity index (χ0n) is 12.0. The van der Waals surface area contributed by atoms with Gasteiger partial charge in [0, 0.05) is 17.8 Å². The summed E-state index contributed by atoms with van der Waals surface area (Å²) in [5.74, 6) is 0.382. The number of hydrogen-bond acceptors (Lipinski definition) is 5. The SMILES string of the molecule is CCC(C)(O)CNC(=O)Nc1cccc(-c2nnco2)c1.